The number of aliphatic carboxylic acids is 1. The molecule has 0 radical (unpaired) electrons. The summed E-state index contributed by atoms with van der Waals surface area (Å²) in [6.07, 6.45) is -0.371. The summed E-state index contributed by atoms with van der Waals surface area (Å²) in [4.78, 5) is 38.5. The molecule has 1 aromatic heterocycles. The predicted molar refractivity (Wildman–Crippen MR) is 68.3 cm³/mol. The Kier molecular flexibility index (Phi) is 3.56. The van der Waals surface area contributed by atoms with E-state index in [0.717, 1.165) is 6.07 Å². The molecule has 0 amide bonds. The van der Waals surface area contributed by atoms with Gasteiger partial charge in [0.15, 0.2) is 0 Å². The molecule has 20 heavy (non-hydrogen) atoms. The van der Waals surface area contributed by atoms with Crippen molar-refractivity contribution in [2.45, 2.75) is 6.42 Å². The molecule has 102 valence electrons. The number of nitro groups is 1. The van der Waals surface area contributed by atoms with Crippen molar-refractivity contribution in [3.63, 3.8) is 0 Å². The molecule has 8 heteroatoms. The zero-order valence-electron chi connectivity index (χ0n) is 10.1. The minimum absolute atomic E-state index is 0.0854. The van der Waals surface area contributed by atoms with Crippen molar-refractivity contribution in [3.05, 3.63) is 56.5 Å². The highest BCUT2D eigenvalue weighted by Crippen LogP contribution is 2.18. The van der Waals surface area contributed by atoms with E-state index in [1.807, 2.05) is 0 Å². The van der Waals surface area contributed by atoms with Gasteiger partial charge in [-0.25, -0.2) is 4.98 Å². The number of nitrogens with zero attached hydrogens (tertiary/aromatic N) is 2. The van der Waals surface area contributed by atoms with Crippen molar-refractivity contribution in [3.8, 4) is 11.4 Å². The van der Waals surface area contributed by atoms with Crippen LogP contribution in [0.15, 0.2) is 35.1 Å². The highest BCUT2D eigenvalue weighted by atomic mass is 16.6. The summed E-state index contributed by atoms with van der Waals surface area (Å²) in [5.74, 6) is -0.929. The normalized spacial score (nSPS) is 10.2. The van der Waals surface area contributed by atoms with Crippen molar-refractivity contribution < 1.29 is 14.8 Å². The number of hydrogen-bond donors (Lipinski definition) is 2. The first-order chi connectivity index (χ1) is 9.45. The minimum atomic E-state index is -1.10. The third-order valence-electron chi connectivity index (χ3n) is 2.48. The zero-order valence-corrected chi connectivity index (χ0v) is 10.1. The summed E-state index contributed by atoms with van der Waals surface area (Å²) in [5, 5.41) is 19.2. The van der Waals surface area contributed by atoms with Gasteiger partial charge >= 0.3 is 5.97 Å². The Morgan fingerprint density at radius 1 is 1.35 bits per heavy atom. The molecule has 0 saturated heterocycles. The van der Waals surface area contributed by atoms with Crippen LogP contribution in [-0.2, 0) is 11.2 Å². The van der Waals surface area contributed by atoms with Crippen LogP contribution in [0, 0.1) is 10.1 Å². The molecule has 0 fully saturated rings. The molecule has 2 rings (SSSR count). The number of H-pyrrole nitrogens is 1. The average molecular weight is 275 g/mol. The average Bonchev–Trinajstić information content (AvgIpc) is 2.37. The molecule has 2 aromatic rings. The molecule has 0 aliphatic carbocycles. The first-order valence-electron chi connectivity index (χ1n) is 5.52. The van der Waals surface area contributed by atoms with Crippen molar-refractivity contribution in [2.75, 3.05) is 0 Å². The second kappa shape index (κ2) is 5.31. The predicted octanol–water partition coefficient (Wildman–Crippen LogP) is 0.972. The number of aromatic amines is 1. The topological polar surface area (TPSA) is 126 Å². The number of carbonyl (C=O) groups is 1. The summed E-state index contributed by atoms with van der Waals surface area (Å²) in [7, 11) is 0. The molecule has 0 bridgehead atoms. The lowest BCUT2D eigenvalue weighted by Gasteiger charge is -2.02. The van der Waals surface area contributed by atoms with E-state index in [0.29, 0.717) is 5.56 Å². The Morgan fingerprint density at radius 3 is 2.55 bits per heavy atom. The van der Waals surface area contributed by atoms with Gasteiger partial charge in [-0.15, -0.1) is 0 Å². The molecule has 1 aromatic carbocycles. The van der Waals surface area contributed by atoms with Crippen molar-refractivity contribution >= 4 is 11.7 Å². The van der Waals surface area contributed by atoms with E-state index in [1.165, 1.54) is 24.3 Å². The van der Waals surface area contributed by atoms with Crippen LogP contribution < -0.4 is 5.56 Å². The summed E-state index contributed by atoms with van der Waals surface area (Å²) in [6, 6.07) is 6.52. The number of carboxylic acids is 1. The van der Waals surface area contributed by atoms with Gasteiger partial charge in [0.2, 0.25) is 0 Å². The van der Waals surface area contributed by atoms with Gasteiger partial charge in [0.05, 0.1) is 17.0 Å². The molecule has 0 saturated carbocycles. The number of rotatable bonds is 4. The molecule has 1 heterocycles. The van der Waals surface area contributed by atoms with Gasteiger partial charge in [0.25, 0.3) is 11.2 Å². The molecule has 0 unspecified atom stereocenters. The maximum absolute atomic E-state index is 11.4. The van der Waals surface area contributed by atoms with E-state index in [1.54, 1.807) is 0 Å². The second-order valence-electron chi connectivity index (χ2n) is 3.96. The molecular formula is C12H9N3O5. The Bertz CT molecular complexity index is 721. The number of nitro benzene ring substituents is 1. The summed E-state index contributed by atoms with van der Waals surface area (Å²) >= 11 is 0. The van der Waals surface area contributed by atoms with Gasteiger partial charge < -0.3 is 10.1 Å². The monoisotopic (exact) mass is 275 g/mol. The van der Waals surface area contributed by atoms with Crippen LogP contribution in [0.4, 0.5) is 5.69 Å². The number of hydrogen-bond acceptors (Lipinski definition) is 5. The van der Waals surface area contributed by atoms with Gasteiger partial charge in [-0.1, -0.05) is 0 Å². The Balaban J connectivity index is 2.41. The quantitative estimate of drug-likeness (QED) is 0.632. The van der Waals surface area contributed by atoms with E-state index in [9.17, 15) is 19.7 Å². The van der Waals surface area contributed by atoms with Crippen molar-refractivity contribution in [1.29, 1.82) is 0 Å². The Hall–Kier alpha value is -3.03. The van der Waals surface area contributed by atoms with E-state index in [-0.39, 0.29) is 23.6 Å². The summed E-state index contributed by atoms with van der Waals surface area (Å²) in [6.45, 7) is 0. The summed E-state index contributed by atoms with van der Waals surface area (Å²) in [5.41, 5.74) is 0.0110. The second-order valence-corrected chi connectivity index (χ2v) is 3.96. The van der Waals surface area contributed by atoms with Gasteiger partial charge in [-0.3, -0.25) is 19.7 Å². The molecule has 0 aliphatic rings. The van der Waals surface area contributed by atoms with Gasteiger partial charge in [0.1, 0.15) is 5.82 Å². The van der Waals surface area contributed by atoms with Crippen LogP contribution >= 0.6 is 0 Å². The molecular weight excluding hydrogens is 266 g/mol. The van der Waals surface area contributed by atoms with Crippen LogP contribution in [0.2, 0.25) is 0 Å². The smallest absolute Gasteiger partial charge is 0.309 e. The van der Waals surface area contributed by atoms with Gasteiger partial charge in [-0.2, -0.15) is 0 Å². The molecule has 8 nitrogen and oxygen atoms in total. The van der Waals surface area contributed by atoms with Crippen LogP contribution in [0.1, 0.15) is 5.69 Å². The van der Waals surface area contributed by atoms with Crippen LogP contribution in [0.25, 0.3) is 11.4 Å². The first kappa shape index (κ1) is 13.4. The van der Waals surface area contributed by atoms with Crippen molar-refractivity contribution in [1.82, 2.24) is 9.97 Å². The highest BCUT2D eigenvalue weighted by Gasteiger charge is 2.09. The first-order valence-corrected chi connectivity index (χ1v) is 5.52. The van der Waals surface area contributed by atoms with E-state index in [2.05, 4.69) is 9.97 Å². The van der Waals surface area contributed by atoms with Crippen LogP contribution in [-0.4, -0.2) is 26.0 Å². The lowest BCUT2D eigenvalue weighted by atomic mass is 10.2. The van der Waals surface area contributed by atoms with Crippen LogP contribution in [0.5, 0.6) is 0 Å². The third-order valence-corrected chi connectivity index (χ3v) is 2.48. The maximum atomic E-state index is 11.4. The van der Waals surface area contributed by atoms with E-state index in [4.69, 9.17) is 5.11 Å². The number of aromatic nitrogens is 2. The Morgan fingerprint density at radius 2 is 2.00 bits per heavy atom. The molecule has 2 N–H and O–H groups in total. The number of nitrogens with one attached hydrogen (secondary N) is 1. The van der Waals surface area contributed by atoms with E-state index >= 15 is 0 Å². The maximum Gasteiger partial charge on any atom is 0.309 e. The SMILES string of the molecule is O=C(O)Cc1cc(=O)[nH]c(-c2ccc([N+](=O)[O-])cc2)n1. The molecule has 0 atom stereocenters. The lowest BCUT2D eigenvalue weighted by molar-refractivity contribution is -0.384. The lowest BCUT2D eigenvalue weighted by Crippen LogP contribution is -2.13. The molecule has 0 spiro atoms. The fourth-order valence-electron chi connectivity index (χ4n) is 1.63. The highest BCUT2D eigenvalue weighted by molar-refractivity contribution is 5.69. The van der Waals surface area contributed by atoms with E-state index < -0.39 is 16.5 Å². The third kappa shape index (κ3) is 3.05. The number of non-ortho nitro benzene ring substituents is 1. The minimum Gasteiger partial charge on any atom is -0.481 e. The largest absolute Gasteiger partial charge is 0.481 e. The molecule has 0 aliphatic heterocycles. The van der Waals surface area contributed by atoms with Gasteiger partial charge in [-0.05, 0) is 12.1 Å². The summed E-state index contributed by atoms with van der Waals surface area (Å²) < 4.78 is 0. The standard InChI is InChI=1S/C12H9N3O5/c16-10-5-8(6-11(17)18)13-12(14-10)7-1-3-9(4-2-7)15(19)20/h1-5H,6H2,(H,17,18)(H,13,14,16). The fourth-order valence-corrected chi connectivity index (χ4v) is 1.63. The zero-order chi connectivity index (χ0) is 14.7. The number of carboxylic acid groups (broad SMARTS) is 1. The van der Waals surface area contributed by atoms with Crippen molar-refractivity contribution in [2.24, 2.45) is 0 Å². The van der Waals surface area contributed by atoms with Crippen LogP contribution in [0.3, 0.4) is 0 Å². The number of benzene rings is 1. The van der Waals surface area contributed by atoms with Gasteiger partial charge in [0, 0.05) is 23.8 Å². The Labute approximate surface area is 111 Å². The fraction of sp³-hybridized carbons (Fsp3) is 0.0833.